The van der Waals surface area contributed by atoms with Crippen molar-refractivity contribution in [3.05, 3.63) is 231 Å². The number of halogens is 10. The fraction of sp³-hybridized carbons (Fsp3) is 0.400. The van der Waals surface area contributed by atoms with Crippen LogP contribution in [0.25, 0.3) is 78.2 Å². The summed E-state index contributed by atoms with van der Waals surface area (Å²) in [5.41, 5.74) is 8.39. The maximum absolute atomic E-state index is 15.1. The predicted molar refractivity (Wildman–Crippen MR) is 515 cm³/mol. The lowest BCUT2D eigenvalue weighted by molar-refractivity contribution is 0.108. The van der Waals surface area contributed by atoms with E-state index in [-0.39, 0.29) is 114 Å². The Morgan fingerprint density at radius 2 is 0.618 bits per heavy atom. The topological polar surface area (TPSA) is 368 Å². The lowest BCUT2D eigenvalue weighted by Crippen LogP contribution is -2.13. The Balaban J connectivity index is 0.000000687. The second kappa shape index (κ2) is 69.5. The third-order valence-electron chi connectivity index (χ3n) is 18.8. The number of benzene rings is 8. The lowest BCUT2D eigenvalue weighted by atomic mass is 10.0. The van der Waals surface area contributed by atoms with Crippen molar-refractivity contribution in [2.75, 3.05) is 46.2 Å². The van der Waals surface area contributed by atoms with Gasteiger partial charge in [-0.25, -0.2) is 46.3 Å². The summed E-state index contributed by atoms with van der Waals surface area (Å²) < 4.78 is 141. The van der Waals surface area contributed by atoms with Crippen LogP contribution in [0.15, 0.2) is 164 Å². The maximum Gasteiger partial charge on any atom is 0.258 e. The van der Waals surface area contributed by atoms with Gasteiger partial charge < -0.3 is 63.6 Å². The third-order valence-corrected chi connectivity index (χ3v) is 19.5. The summed E-state index contributed by atoms with van der Waals surface area (Å²) in [7, 11) is 0. The van der Waals surface area contributed by atoms with Gasteiger partial charge in [-0.15, -0.1) is 0 Å². The molecule has 738 valence electrons. The van der Waals surface area contributed by atoms with Crippen molar-refractivity contribution < 1.29 is 103 Å². The number of unbranched alkanes of at least 4 members (excludes halogenated alkanes) is 18. The number of hydrogen-bond donors (Lipinski definition) is 6. The molecule has 0 unspecified atom stereocenters. The van der Waals surface area contributed by atoms with E-state index >= 15 is 13.2 Å². The van der Waals surface area contributed by atoms with Gasteiger partial charge in [-0.05, 0) is 214 Å². The number of nitrogens with zero attached hydrogens (tertiary/aromatic N) is 9. The van der Waals surface area contributed by atoms with E-state index in [1.807, 2.05) is 0 Å². The van der Waals surface area contributed by atoms with Crippen LogP contribution in [0.1, 0.15) is 254 Å². The van der Waals surface area contributed by atoms with Gasteiger partial charge in [-0.2, -0.15) is 15.0 Å². The minimum absolute atomic E-state index is 0. The highest BCUT2D eigenvalue weighted by atomic mass is 35.5. The zero-order valence-corrected chi connectivity index (χ0v) is 78.3. The van der Waals surface area contributed by atoms with Gasteiger partial charge in [-0.1, -0.05) is 205 Å². The molecule has 0 aliphatic heterocycles. The van der Waals surface area contributed by atoms with Crippen LogP contribution in [0.2, 0.25) is 0 Å². The molecule has 0 amide bonds. The van der Waals surface area contributed by atoms with Crippen molar-refractivity contribution in [3.63, 3.8) is 0 Å². The normalized spacial score (nSPS) is 10.3. The smallest absolute Gasteiger partial charge is 0.258 e. The molecule has 0 spiro atoms. The van der Waals surface area contributed by atoms with Crippen molar-refractivity contribution in [1.82, 2.24) is 30.4 Å². The monoisotopic (exact) mass is 1960 g/mol. The molecule has 3 aromatic heterocycles. The first-order chi connectivity index (χ1) is 64.8. The van der Waals surface area contributed by atoms with Crippen LogP contribution in [-0.2, 0) is 0 Å². The molecule has 0 fully saturated rings. The van der Waals surface area contributed by atoms with Gasteiger partial charge in [-0.3, -0.25) is 14.4 Å². The molecular formula is C100H123Cl3F7N11O15. The molecule has 11 rings (SSSR count). The molecule has 0 saturated heterocycles. The van der Waals surface area contributed by atoms with Crippen LogP contribution < -0.4 is 35.3 Å². The maximum atomic E-state index is 15.1. The molecule has 0 saturated carbocycles. The first-order valence-corrected chi connectivity index (χ1v) is 45.1. The van der Waals surface area contributed by atoms with Crippen LogP contribution in [-0.4, -0.2) is 119 Å². The SMILES string of the molecule is C.C.CCCCCCO.CCCCCCOc1ccc(-c2noc(-c3cc(-c4nc(-c5ccc(OCCCCCC)c(F)c5)no4)cc(-c4nc(-c5ccc(OCCCCCC)c(F)c5)no4)c3)n2)cc1F.CCCCCCOc1ccc(C(N)=NO)cc1F.CCO.NO.O=C(Cl)c1cc(C(=O)Cl)cc(C(=O)Cl)c1.[C-]#[N+]c1ccc(F)c(F)c1.[C-]#[N+]c1ccc(OCCCCCC)c(F)c1. The quantitative estimate of drug-likeness (QED) is 0.00302. The van der Waals surface area contributed by atoms with Crippen LogP contribution in [0.5, 0.6) is 28.7 Å². The Morgan fingerprint density at radius 3 is 0.868 bits per heavy atom. The summed E-state index contributed by atoms with van der Waals surface area (Å²) in [4.78, 5) is 52.3. The van der Waals surface area contributed by atoms with E-state index in [1.54, 1.807) is 73.7 Å². The van der Waals surface area contributed by atoms with E-state index in [0.29, 0.717) is 84.3 Å². The van der Waals surface area contributed by atoms with Gasteiger partial charge in [0.2, 0.25) is 17.5 Å². The van der Waals surface area contributed by atoms with E-state index in [0.717, 1.165) is 134 Å². The Bertz CT molecular complexity index is 5100. The van der Waals surface area contributed by atoms with Crippen LogP contribution >= 0.6 is 34.8 Å². The Morgan fingerprint density at radius 1 is 0.353 bits per heavy atom. The summed E-state index contributed by atoms with van der Waals surface area (Å²) in [6, 6.07) is 33.6. The standard InChI is InChI=1S/C48H51F3N6O6.C13H19FN2O2.C13H16FNO.C9H3Cl3O3.C7H3F2N.C6H14O.C2H6O.2CH4.H3NO/c1-4-7-10-13-22-58-40-19-16-31(28-37(40)49)43-52-46(61-55-43)34-25-35(47-53-44(56-62-47)32-17-20-41(38(50)29-32)59-23-14-11-8-5-2)27-36(26-34)48-54-45(57-63-48)33-18-21-42(39(51)30-33)60-24-15-12-9-6-3;1-2-3-4-5-8-18-12-7-6-10(9-11(12)14)13(15)16-17;1-3-4-5-6-9-16-13-8-7-11(15-2)10-12(13)14;10-7(13)4-1-5(8(11)14)3-6(2-4)9(12)15;1-10-5-2-3-6(8)7(9)4-5;1-2-3-4-5-6-7;1-2-3;;;1-2/h16-21,25-30H,4-15,22-24H2,1-3H3;6-7,9,17H,2-5,8H2,1H3,(H2,15,16);7-8,10H,3-6,9H2,1H3;1-3H;2-4H;7H,2-6H2,1H3;3H,2H2,1H3;2*1H4;2H,1H2. The van der Waals surface area contributed by atoms with Crippen molar-refractivity contribution >= 4 is 67.7 Å². The fourth-order valence-electron chi connectivity index (χ4n) is 11.8. The second-order valence-electron chi connectivity index (χ2n) is 29.3. The average Bonchev–Trinajstić information content (AvgIpc) is 1.63. The number of carbonyl (C=O) groups excluding carboxylic acids is 3. The molecule has 11 aromatic rings. The Kier molecular flexibility index (Phi) is 61.2. The number of rotatable bonds is 44. The molecule has 3 heterocycles. The molecule has 8 aromatic carbocycles. The molecule has 0 radical (unpaired) electrons. The zero-order valence-electron chi connectivity index (χ0n) is 76.0. The molecule has 0 bridgehead atoms. The molecule has 0 aliphatic rings. The second-order valence-corrected chi connectivity index (χ2v) is 30.4. The third kappa shape index (κ3) is 43.6. The van der Waals surface area contributed by atoms with E-state index in [9.17, 15) is 31.9 Å². The van der Waals surface area contributed by atoms with Crippen molar-refractivity contribution in [1.29, 1.82) is 0 Å². The minimum atomic E-state index is -0.978. The summed E-state index contributed by atoms with van der Waals surface area (Å²) in [6.07, 6.45) is 25.5. The van der Waals surface area contributed by atoms with E-state index < -0.39 is 56.4 Å². The molecule has 0 aliphatic carbocycles. The predicted octanol–water partition coefficient (Wildman–Crippen LogP) is 27.9. The molecule has 136 heavy (non-hydrogen) atoms. The van der Waals surface area contributed by atoms with Crippen molar-refractivity contribution in [2.45, 2.75) is 217 Å². The van der Waals surface area contributed by atoms with Gasteiger partial charge in [0, 0.05) is 68.8 Å². The van der Waals surface area contributed by atoms with E-state index in [1.165, 1.54) is 98.8 Å². The summed E-state index contributed by atoms with van der Waals surface area (Å²) in [6.45, 7) is 30.6. The summed E-state index contributed by atoms with van der Waals surface area (Å²) in [5, 5.41) is 43.6. The average molecular weight is 1960 g/mol. The number of aliphatic hydroxyl groups is 2. The number of nitrogens with two attached hydrogens (primary N) is 2. The molecule has 26 nitrogen and oxygen atoms in total. The highest BCUT2D eigenvalue weighted by molar-refractivity contribution is 6.70. The molecule has 0 atom stereocenters. The van der Waals surface area contributed by atoms with Crippen molar-refractivity contribution in [2.24, 2.45) is 16.8 Å². The number of aromatic nitrogens is 6. The highest BCUT2D eigenvalue weighted by Gasteiger charge is 2.23. The molecule has 36 heteroatoms. The van der Waals surface area contributed by atoms with Gasteiger partial charge in [0.25, 0.3) is 33.4 Å². The fourth-order valence-corrected chi connectivity index (χ4v) is 12.1. The van der Waals surface area contributed by atoms with Gasteiger partial charge in [0.1, 0.15) is 5.82 Å². The van der Waals surface area contributed by atoms with Crippen LogP contribution in [0.4, 0.5) is 42.1 Å². The summed E-state index contributed by atoms with van der Waals surface area (Å²) in [5.74, 6) is 0.357. The number of aliphatic hydroxyl groups excluding tert-OH is 2. The van der Waals surface area contributed by atoms with Gasteiger partial charge >= 0.3 is 0 Å². The number of ether oxygens (including phenoxy) is 5. The Labute approximate surface area is 805 Å². The van der Waals surface area contributed by atoms with Crippen LogP contribution in [0, 0.1) is 53.9 Å². The first-order valence-electron chi connectivity index (χ1n) is 44.0. The summed E-state index contributed by atoms with van der Waals surface area (Å²) >= 11 is 15.6. The largest absolute Gasteiger partial charge is 0.491 e. The number of oxime groups is 1. The Hall–Kier alpha value is -12.3. The van der Waals surface area contributed by atoms with E-state index in [2.05, 4.69) is 92.7 Å². The number of amidine groups is 1. The van der Waals surface area contributed by atoms with Crippen molar-refractivity contribution in [3.8, 4) is 97.3 Å². The van der Waals surface area contributed by atoms with Gasteiger partial charge in [0.05, 0.1) is 46.2 Å². The lowest BCUT2D eigenvalue weighted by Gasteiger charge is -2.08. The minimum Gasteiger partial charge on any atom is -0.491 e. The van der Waals surface area contributed by atoms with Crippen LogP contribution in [0.3, 0.4) is 0 Å². The van der Waals surface area contributed by atoms with E-state index in [4.69, 9.17) is 112 Å². The first kappa shape index (κ1) is 120. The highest BCUT2D eigenvalue weighted by Crippen LogP contribution is 2.37. The van der Waals surface area contributed by atoms with Gasteiger partial charge in [0.15, 0.2) is 80.9 Å². The molecule has 8 N–H and O–H groups in total. The number of hydrogen-bond acceptors (Lipinski definition) is 23. The zero-order chi connectivity index (χ0) is 98.5. The molecular weight excluding hydrogens is 1830 g/mol. The number of carbonyl (C=O) groups is 3.